The smallest absolute Gasteiger partial charge is 0.0175 e. The minimum Gasteiger partial charge on any atom is -0.381 e. The monoisotopic (exact) mass is 161 g/mol. The fourth-order valence-electron chi connectivity index (χ4n) is 1.84. The molecule has 1 nitrogen and oxygen atoms in total. The van der Waals surface area contributed by atoms with Gasteiger partial charge in [-0.3, -0.25) is 0 Å². The van der Waals surface area contributed by atoms with Crippen molar-refractivity contribution in [2.45, 2.75) is 6.42 Å². The zero-order valence-corrected chi connectivity index (χ0v) is 7.48. The van der Waals surface area contributed by atoms with Gasteiger partial charge < -0.3 is 4.90 Å². The molecule has 0 saturated heterocycles. The molecule has 2 aliphatic rings. The Hall–Kier alpha value is -0.980. The summed E-state index contributed by atoms with van der Waals surface area (Å²) < 4.78 is 0. The summed E-state index contributed by atoms with van der Waals surface area (Å²) in [5, 5.41) is 0. The average molecular weight is 161 g/mol. The molecule has 1 heterocycles. The van der Waals surface area contributed by atoms with Crippen molar-refractivity contribution in [3.63, 3.8) is 0 Å². The molecule has 12 heavy (non-hydrogen) atoms. The van der Waals surface area contributed by atoms with Gasteiger partial charge in [-0.15, -0.1) is 0 Å². The second-order valence-electron chi connectivity index (χ2n) is 3.62. The third-order valence-electron chi connectivity index (χ3n) is 2.68. The van der Waals surface area contributed by atoms with Gasteiger partial charge >= 0.3 is 0 Å². The average Bonchev–Trinajstić information content (AvgIpc) is 2.29. The molecule has 0 aromatic rings. The van der Waals surface area contributed by atoms with Crippen LogP contribution in [0.5, 0.6) is 0 Å². The van der Waals surface area contributed by atoms with Gasteiger partial charge in [-0.05, 0) is 18.5 Å². The Bertz CT molecular complexity index is 237. The van der Waals surface area contributed by atoms with E-state index in [4.69, 9.17) is 0 Å². The van der Waals surface area contributed by atoms with Gasteiger partial charge in [0.1, 0.15) is 0 Å². The van der Waals surface area contributed by atoms with Crippen LogP contribution in [0.3, 0.4) is 0 Å². The lowest BCUT2D eigenvalue weighted by atomic mass is 9.87. The second kappa shape index (κ2) is 3.18. The number of hydrogen-bond donors (Lipinski definition) is 0. The van der Waals surface area contributed by atoms with Crippen molar-refractivity contribution in [1.29, 1.82) is 0 Å². The predicted octanol–water partition coefficient (Wildman–Crippen LogP) is 2.19. The zero-order valence-electron chi connectivity index (χ0n) is 7.48. The first-order chi connectivity index (χ1) is 5.86. The molecule has 2 atom stereocenters. The van der Waals surface area contributed by atoms with Crippen molar-refractivity contribution in [1.82, 2.24) is 4.90 Å². The van der Waals surface area contributed by atoms with Gasteiger partial charge in [-0.1, -0.05) is 30.4 Å². The van der Waals surface area contributed by atoms with Crippen molar-refractivity contribution in [2.24, 2.45) is 11.8 Å². The van der Waals surface area contributed by atoms with Gasteiger partial charge in [0.15, 0.2) is 0 Å². The van der Waals surface area contributed by atoms with Gasteiger partial charge in [-0.25, -0.2) is 0 Å². The summed E-state index contributed by atoms with van der Waals surface area (Å²) >= 11 is 0. The summed E-state index contributed by atoms with van der Waals surface area (Å²) in [6.45, 7) is 1.18. The van der Waals surface area contributed by atoms with Crippen molar-refractivity contribution in [3.8, 4) is 0 Å². The molecule has 0 spiro atoms. The maximum absolute atomic E-state index is 2.33. The number of nitrogens with zero attached hydrogens (tertiary/aromatic N) is 1. The maximum atomic E-state index is 2.33. The highest BCUT2D eigenvalue weighted by atomic mass is 15.1. The Balaban J connectivity index is 2.15. The third-order valence-corrected chi connectivity index (χ3v) is 2.68. The summed E-state index contributed by atoms with van der Waals surface area (Å²) in [4.78, 5) is 2.26. The van der Waals surface area contributed by atoms with Crippen LogP contribution in [-0.2, 0) is 0 Å². The molecule has 2 rings (SSSR count). The SMILES string of the molecule is CN1C=CC2C=CC=CC2CC1. The Morgan fingerprint density at radius 3 is 2.92 bits per heavy atom. The molecule has 0 radical (unpaired) electrons. The van der Waals surface area contributed by atoms with Crippen LogP contribution in [-0.4, -0.2) is 18.5 Å². The van der Waals surface area contributed by atoms with Gasteiger partial charge in [0.25, 0.3) is 0 Å². The van der Waals surface area contributed by atoms with Crippen LogP contribution in [0.25, 0.3) is 0 Å². The largest absolute Gasteiger partial charge is 0.381 e. The number of hydrogen-bond acceptors (Lipinski definition) is 1. The first kappa shape index (κ1) is 7.66. The van der Waals surface area contributed by atoms with E-state index in [9.17, 15) is 0 Å². The van der Waals surface area contributed by atoms with E-state index in [1.807, 2.05) is 0 Å². The molecule has 0 fully saturated rings. The van der Waals surface area contributed by atoms with Gasteiger partial charge in [0.05, 0.1) is 0 Å². The maximum Gasteiger partial charge on any atom is 0.0175 e. The Kier molecular flexibility index (Phi) is 2.03. The van der Waals surface area contributed by atoms with Gasteiger partial charge in [-0.2, -0.15) is 0 Å². The van der Waals surface area contributed by atoms with E-state index in [1.165, 1.54) is 13.0 Å². The summed E-state index contributed by atoms with van der Waals surface area (Å²) in [6.07, 6.45) is 14.7. The molecule has 1 aliphatic carbocycles. The summed E-state index contributed by atoms with van der Waals surface area (Å²) in [6, 6.07) is 0. The molecular formula is C11H15N. The van der Waals surface area contributed by atoms with E-state index in [0.29, 0.717) is 5.92 Å². The van der Waals surface area contributed by atoms with Crippen LogP contribution in [0.1, 0.15) is 6.42 Å². The summed E-state index contributed by atoms with van der Waals surface area (Å²) in [7, 11) is 2.14. The topological polar surface area (TPSA) is 3.24 Å². The standard InChI is InChI=1S/C11H15N/c1-12-8-6-10-4-2-3-5-11(10)7-9-12/h2-6,8,10-11H,7,9H2,1H3. The fourth-order valence-corrected chi connectivity index (χ4v) is 1.84. The van der Waals surface area contributed by atoms with Crippen molar-refractivity contribution < 1.29 is 0 Å². The lowest BCUT2D eigenvalue weighted by Crippen LogP contribution is -2.14. The molecule has 0 bridgehead atoms. The number of fused-ring (bicyclic) bond motifs is 1. The molecule has 0 saturated carbocycles. The highest BCUT2D eigenvalue weighted by molar-refractivity contribution is 5.19. The fraction of sp³-hybridized carbons (Fsp3) is 0.455. The van der Waals surface area contributed by atoms with Crippen molar-refractivity contribution in [2.75, 3.05) is 13.6 Å². The van der Waals surface area contributed by atoms with E-state index in [2.05, 4.69) is 48.5 Å². The minimum absolute atomic E-state index is 0.639. The molecule has 0 aromatic heterocycles. The first-order valence-electron chi connectivity index (χ1n) is 4.60. The lowest BCUT2D eigenvalue weighted by Gasteiger charge is -2.19. The van der Waals surface area contributed by atoms with Crippen molar-refractivity contribution >= 4 is 0 Å². The van der Waals surface area contributed by atoms with Crippen LogP contribution < -0.4 is 0 Å². The van der Waals surface area contributed by atoms with Crippen LogP contribution in [0, 0.1) is 11.8 Å². The molecule has 0 aromatic carbocycles. The van der Waals surface area contributed by atoms with E-state index >= 15 is 0 Å². The Morgan fingerprint density at radius 1 is 1.17 bits per heavy atom. The quantitative estimate of drug-likeness (QED) is 0.526. The van der Waals surface area contributed by atoms with Gasteiger partial charge in [0.2, 0.25) is 0 Å². The van der Waals surface area contributed by atoms with Crippen LogP contribution in [0.4, 0.5) is 0 Å². The molecular weight excluding hydrogens is 146 g/mol. The first-order valence-corrected chi connectivity index (χ1v) is 4.60. The Morgan fingerprint density at radius 2 is 2.00 bits per heavy atom. The predicted molar refractivity (Wildman–Crippen MR) is 51.6 cm³/mol. The van der Waals surface area contributed by atoms with E-state index in [1.54, 1.807) is 0 Å². The van der Waals surface area contributed by atoms with Crippen LogP contribution in [0.2, 0.25) is 0 Å². The molecule has 1 heteroatoms. The molecule has 0 N–H and O–H groups in total. The number of allylic oxidation sites excluding steroid dienone is 5. The third kappa shape index (κ3) is 1.45. The molecule has 0 amide bonds. The molecule has 2 unspecified atom stereocenters. The van der Waals surface area contributed by atoms with E-state index in [0.717, 1.165) is 5.92 Å². The summed E-state index contributed by atoms with van der Waals surface area (Å²) in [5.74, 6) is 1.37. The summed E-state index contributed by atoms with van der Waals surface area (Å²) in [5.41, 5.74) is 0. The molecule has 64 valence electrons. The van der Waals surface area contributed by atoms with Gasteiger partial charge in [0, 0.05) is 19.5 Å². The minimum atomic E-state index is 0.639. The molecule has 1 aliphatic heterocycles. The van der Waals surface area contributed by atoms with E-state index < -0.39 is 0 Å². The highest BCUT2D eigenvalue weighted by Crippen LogP contribution is 2.26. The van der Waals surface area contributed by atoms with Crippen LogP contribution >= 0.6 is 0 Å². The second-order valence-corrected chi connectivity index (χ2v) is 3.62. The highest BCUT2D eigenvalue weighted by Gasteiger charge is 2.18. The van der Waals surface area contributed by atoms with Crippen molar-refractivity contribution in [3.05, 3.63) is 36.6 Å². The lowest BCUT2D eigenvalue weighted by molar-refractivity contribution is 0.411. The zero-order chi connectivity index (χ0) is 8.39. The van der Waals surface area contributed by atoms with Crippen LogP contribution in [0.15, 0.2) is 36.6 Å². The normalized spacial score (nSPS) is 33.2. The van der Waals surface area contributed by atoms with E-state index in [-0.39, 0.29) is 0 Å². The Labute approximate surface area is 74.1 Å². The number of rotatable bonds is 0.